The van der Waals surface area contributed by atoms with Gasteiger partial charge in [0.25, 0.3) is 5.91 Å². The van der Waals surface area contributed by atoms with Crippen LogP contribution < -0.4 is 10.2 Å². The minimum atomic E-state index is -4.61. The summed E-state index contributed by atoms with van der Waals surface area (Å²) in [4.78, 5) is 24.5. The summed E-state index contributed by atoms with van der Waals surface area (Å²) in [6.45, 7) is 0.0271. The maximum absolute atomic E-state index is 12.2. The lowest BCUT2D eigenvalue weighted by Gasteiger charge is -2.37. The van der Waals surface area contributed by atoms with Gasteiger partial charge in [0.2, 0.25) is 5.50 Å². The number of nitrogens with zero attached hydrogens (tertiary/aromatic N) is 1. The van der Waals surface area contributed by atoms with E-state index in [0.29, 0.717) is 15.7 Å². The van der Waals surface area contributed by atoms with Crippen molar-refractivity contribution >= 4 is 43.6 Å². The third-order valence-corrected chi connectivity index (χ3v) is 5.32. The maximum Gasteiger partial charge on any atom is 0.335 e. The Labute approximate surface area is 157 Å². The summed E-state index contributed by atoms with van der Waals surface area (Å²) in [6.07, 6.45) is 0. The van der Waals surface area contributed by atoms with Crippen LogP contribution in [0.5, 0.6) is 0 Å². The smallest absolute Gasteiger partial charge is 0.335 e. The van der Waals surface area contributed by atoms with Gasteiger partial charge < -0.3 is 15.3 Å². The third-order valence-electron chi connectivity index (χ3n) is 3.89. The number of amides is 1. The molecule has 0 bridgehead atoms. The molecular formula is C16H13BrN2O6S. The van der Waals surface area contributed by atoms with Crippen molar-refractivity contribution in [2.75, 3.05) is 4.90 Å². The van der Waals surface area contributed by atoms with Crippen molar-refractivity contribution in [3.05, 3.63) is 63.6 Å². The number of halogens is 1. The second kappa shape index (κ2) is 6.71. The number of carboxylic acid groups (broad SMARTS) is 1. The molecule has 0 saturated heterocycles. The van der Waals surface area contributed by atoms with Crippen molar-refractivity contribution in [3.8, 4) is 0 Å². The van der Waals surface area contributed by atoms with E-state index in [4.69, 9.17) is 5.11 Å². The number of carbonyl (C=O) groups is 2. The molecule has 26 heavy (non-hydrogen) atoms. The van der Waals surface area contributed by atoms with Gasteiger partial charge in [0.15, 0.2) is 0 Å². The van der Waals surface area contributed by atoms with Gasteiger partial charge in [-0.1, -0.05) is 28.1 Å². The summed E-state index contributed by atoms with van der Waals surface area (Å²) >= 11 is 3.26. The zero-order chi connectivity index (χ0) is 19.1. The van der Waals surface area contributed by atoms with Gasteiger partial charge in [-0.15, -0.1) is 0 Å². The number of carboxylic acids is 1. The number of anilines is 1. The van der Waals surface area contributed by atoms with Crippen LogP contribution in [0.4, 0.5) is 5.69 Å². The van der Waals surface area contributed by atoms with E-state index in [2.05, 4.69) is 21.2 Å². The number of benzene rings is 2. The van der Waals surface area contributed by atoms with Crippen LogP contribution in [0, 0.1) is 0 Å². The van der Waals surface area contributed by atoms with Crippen molar-refractivity contribution in [3.63, 3.8) is 0 Å². The van der Waals surface area contributed by atoms with Crippen LogP contribution in [-0.4, -0.2) is 35.5 Å². The second-order valence-electron chi connectivity index (χ2n) is 5.63. The highest BCUT2D eigenvalue weighted by atomic mass is 79.9. The minimum absolute atomic E-state index is 0.0271. The number of hydrogen-bond acceptors (Lipinski definition) is 5. The molecule has 10 heteroatoms. The van der Waals surface area contributed by atoms with Crippen LogP contribution in [0.3, 0.4) is 0 Å². The quantitative estimate of drug-likeness (QED) is 0.621. The molecule has 136 valence electrons. The minimum Gasteiger partial charge on any atom is -0.478 e. The first-order chi connectivity index (χ1) is 12.2. The Hall–Kier alpha value is -2.43. The van der Waals surface area contributed by atoms with E-state index in [9.17, 15) is 22.6 Å². The Morgan fingerprint density at radius 3 is 2.42 bits per heavy atom. The molecule has 0 fully saturated rings. The normalized spacial score (nSPS) is 16.8. The molecule has 1 amide bonds. The van der Waals surface area contributed by atoms with Crippen LogP contribution in [0.1, 0.15) is 26.3 Å². The Bertz CT molecular complexity index is 990. The van der Waals surface area contributed by atoms with Gasteiger partial charge in [0.05, 0.1) is 16.8 Å². The number of rotatable bonds is 4. The Kier molecular flexibility index (Phi) is 4.74. The topological polar surface area (TPSA) is 124 Å². The van der Waals surface area contributed by atoms with E-state index >= 15 is 0 Å². The third kappa shape index (κ3) is 3.57. The lowest BCUT2D eigenvalue weighted by Crippen LogP contribution is -2.56. The molecule has 2 aromatic rings. The standard InChI is InChI=1S/C16H13BrN2O6S/c17-11-5-6-13-12(7-11)14(20)18-16(26(23,24)25)19(13)8-9-1-3-10(4-2-9)15(21)22/h1-7,16H,8H2,(H,18,20)(H,21,22)(H,23,24,25). The SMILES string of the molecule is O=C(O)c1ccc(CN2c3ccc(Br)cc3C(=O)NC2S(=O)(=O)O)cc1. The number of carbonyl (C=O) groups excluding carboxylic acids is 1. The predicted molar refractivity (Wildman–Crippen MR) is 96.5 cm³/mol. The molecule has 3 N–H and O–H groups in total. The lowest BCUT2D eigenvalue weighted by molar-refractivity contribution is 0.0696. The van der Waals surface area contributed by atoms with Crippen molar-refractivity contribution < 1.29 is 27.7 Å². The molecule has 0 saturated carbocycles. The van der Waals surface area contributed by atoms with Gasteiger partial charge in [0, 0.05) is 11.0 Å². The maximum atomic E-state index is 12.2. The van der Waals surface area contributed by atoms with Crippen molar-refractivity contribution in [1.29, 1.82) is 0 Å². The zero-order valence-electron chi connectivity index (χ0n) is 13.1. The van der Waals surface area contributed by atoms with E-state index in [-0.39, 0.29) is 17.7 Å². The monoisotopic (exact) mass is 440 g/mol. The summed E-state index contributed by atoms with van der Waals surface area (Å²) in [5.74, 6) is -1.70. The van der Waals surface area contributed by atoms with E-state index in [1.54, 1.807) is 30.3 Å². The van der Waals surface area contributed by atoms with E-state index in [1.165, 1.54) is 17.0 Å². The summed E-state index contributed by atoms with van der Waals surface area (Å²) in [5, 5.41) is 11.2. The molecule has 1 unspecified atom stereocenters. The van der Waals surface area contributed by atoms with Gasteiger partial charge >= 0.3 is 16.1 Å². The first-order valence-corrected chi connectivity index (χ1v) is 9.62. The van der Waals surface area contributed by atoms with Gasteiger partial charge in [-0.25, -0.2) is 4.79 Å². The summed E-state index contributed by atoms with van der Waals surface area (Å²) in [6, 6.07) is 10.6. The van der Waals surface area contributed by atoms with Gasteiger partial charge in [-0.2, -0.15) is 8.42 Å². The molecule has 8 nitrogen and oxygen atoms in total. The molecule has 1 aliphatic heterocycles. The lowest BCUT2D eigenvalue weighted by atomic mass is 10.1. The van der Waals surface area contributed by atoms with Gasteiger partial charge in [-0.05, 0) is 35.9 Å². The van der Waals surface area contributed by atoms with Gasteiger partial charge in [-0.3, -0.25) is 9.35 Å². The molecule has 3 rings (SSSR count). The highest BCUT2D eigenvalue weighted by molar-refractivity contribution is 9.10. The van der Waals surface area contributed by atoms with Gasteiger partial charge in [0.1, 0.15) is 0 Å². The van der Waals surface area contributed by atoms with Crippen LogP contribution in [0.25, 0.3) is 0 Å². The fourth-order valence-electron chi connectivity index (χ4n) is 2.69. The fourth-order valence-corrected chi connectivity index (χ4v) is 3.81. The molecule has 2 aromatic carbocycles. The highest BCUT2D eigenvalue weighted by Crippen LogP contribution is 2.31. The Balaban J connectivity index is 2.04. The molecule has 0 aliphatic carbocycles. The summed E-state index contributed by atoms with van der Waals surface area (Å²) < 4.78 is 33.7. The highest BCUT2D eigenvalue weighted by Gasteiger charge is 2.38. The van der Waals surface area contributed by atoms with E-state index in [1.807, 2.05) is 0 Å². The van der Waals surface area contributed by atoms with E-state index in [0.717, 1.165) is 0 Å². The first-order valence-electron chi connectivity index (χ1n) is 7.32. The zero-order valence-corrected chi connectivity index (χ0v) is 15.5. The molecular weight excluding hydrogens is 428 g/mol. The fraction of sp³-hybridized carbons (Fsp3) is 0.125. The molecule has 1 atom stereocenters. The van der Waals surface area contributed by atoms with Crippen molar-refractivity contribution in [2.45, 2.75) is 12.0 Å². The second-order valence-corrected chi connectivity index (χ2v) is 8.02. The first kappa shape index (κ1) is 18.4. The number of fused-ring (bicyclic) bond motifs is 1. The number of hydrogen-bond donors (Lipinski definition) is 3. The van der Waals surface area contributed by atoms with Crippen LogP contribution in [0.2, 0.25) is 0 Å². The van der Waals surface area contributed by atoms with Crippen LogP contribution >= 0.6 is 15.9 Å². The number of nitrogens with one attached hydrogen (secondary N) is 1. The molecule has 1 heterocycles. The Morgan fingerprint density at radius 1 is 1.19 bits per heavy atom. The van der Waals surface area contributed by atoms with Crippen molar-refractivity contribution in [2.24, 2.45) is 0 Å². The van der Waals surface area contributed by atoms with E-state index < -0.39 is 27.5 Å². The predicted octanol–water partition coefficient (Wildman–Crippen LogP) is 2.07. The van der Waals surface area contributed by atoms with Crippen molar-refractivity contribution in [1.82, 2.24) is 5.32 Å². The molecule has 0 aromatic heterocycles. The Morgan fingerprint density at radius 2 is 1.85 bits per heavy atom. The molecule has 1 aliphatic rings. The molecule has 0 spiro atoms. The molecule has 0 radical (unpaired) electrons. The summed E-state index contributed by atoms with van der Waals surface area (Å²) in [5.41, 5.74) is -0.365. The van der Waals surface area contributed by atoms with Crippen LogP contribution in [0.15, 0.2) is 46.9 Å². The largest absolute Gasteiger partial charge is 0.478 e. The average molecular weight is 441 g/mol. The average Bonchev–Trinajstić information content (AvgIpc) is 2.56. The number of aromatic carboxylic acids is 1. The van der Waals surface area contributed by atoms with Crippen LogP contribution in [-0.2, 0) is 16.7 Å². The summed E-state index contributed by atoms with van der Waals surface area (Å²) in [7, 11) is -4.61.